The van der Waals surface area contributed by atoms with Crippen molar-refractivity contribution in [1.82, 2.24) is 19.7 Å². The van der Waals surface area contributed by atoms with Crippen molar-refractivity contribution in [3.8, 4) is 0 Å². The van der Waals surface area contributed by atoms with Crippen LogP contribution in [0.15, 0.2) is 16.7 Å². The van der Waals surface area contributed by atoms with Crippen LogP contribution in [0.25, 0.3) is 0 Å². The van der Waals surface area contributed by atoms with Gasteiger partial charge in [-0.25, -0.2) is 0 Å². The van der Waals surface area contributed by atoms with Gasteiger partial charge in [-0.2, -0.15) is 0 Å². The van der Waals surface area contributed by atoms with Crippen LogP contribution in [0.1, 0.15) is 72.8 Å². The number of carbonyl (C=O) groups is 1. The van der Waals surface area contributed by atoms with Crippen molar-refractivity contribution < 1.29 is 9.21 Å². The molecule has 5 rings (SSSR count). The van der Waals surface area contributed by atoms with Crippen LogP contribution in [0.4, 0.5) is 0 Å². The lowest BCUT2D eigenvalue weighted by Crippen LogP contribution is -2.35. The third-order valence-corrected chi connectivity index (χ3v) is 6.72. The van der Waals surface area contributed by atoms with E-state index in [0.717, 1.165) is 61.7 Å². The van der Waals surface area contributed by atoms with E-state index in [1.807, 2.05) is 24.2 Å². The third-order valence-electron chi connectivity index (χ3n) is 6.72. The van der Waals surface area contributed by atoms with Crippen LogP contribution >= 0.6 is 0 Å². The molecule has 2 saturated carbocycles. The Hall–Kier alpha value is -2.11. The van der Waals surface area contributed by atoms with Gasteiger partial charge in [0, 0.05) is 37.9 Å². The number of hydrogen-bond acceptors (Lipinski definition) is 4. The maximum absolute atomic E-state index is 13.2. The number of likely N-dealkylation sites (tertiary alicyclic amines) is 1. The SMILES string of the molecule is CCc1c(C(=O)N2C[C@@H]3CCC[C@]3(c3nnc(C4CC4)o3)C2)ccn1C. The average Bonchev–Trinajstić information content (AvgIpc) is 3.01. The number of aryl methyl sites for hydroxylation is 1. The molecule has 2 atom stereocenters. The quantitative estimate of drug-likeness (QED) is 0.846. The molecule has 0 aromatic carbocycles. The van der Waals surface area contributed by atoms with Crippen LogP contribution < -0.4 is 0 Å². The van der Waals surface area contributed by atoms with Crippen LogP contribution in [0, 0.1) is 5.92 Å². The highest BCUT2D eigenvalue weighted by Crippen LogP contribution is 2.51. The molecule has 3 aliphatic rings. The molecule has 138 valence electrons. The molecule has 26 heavy (non-hydrogen) atoms. The standard InChI is InChI=1S/C20H26N4O2/c1-3-16-15(8-10-23(16)2)18(25)24-11-14-5-4-9-20(14,12-24)19-22-21-17(26-19)13-6-7-13/h8,10,13-14H,3-7,9,11-12H2,1-2H3/t14-,20-/m0/s1. The molecule has 0 spiro atoms. The first kappa shape index (κ1) is 16.1. The topological polar surface area (TPSA) is 64.2 Å². The second-order valence-electron chi connectivity index (χ2n) is 8.29. The zero-order valence-corrected chi connectivity index (χ0v) is 15.6. The Morgan fingerprint density at radius 2 is 2.19 bits per heavy atom. The average molecular weight is 354 g/mol. The van der Waals surface area contributed by atoms with Gasteiger partial charge in [-0.1, -0.05) is 13.3 Å². The Balaban J connectivity index is 1.44. The van der Waals surface area contributed by atoms with Crippen molar-refractivity contribution >= 4 is 5.91 Å². The van der Waals surface area contributed by atoms with Crippen LogP contribution in [0.5, 0.6) is 0 Å². The highest BCUT2D eigenvalue weighted by molar-refractivity contribution is 5.96. The lowest BCUT2D eigenvalue weighted by molar-refractivity contribution is 0.0774. The molecule has 0 radical (unpaired) electrons. The van der Waals surface area contributed by atoms with Crippen molar-refractivity contribution in [3.63, 3.8) is 0 Å². The van der Waals surface area contributed by atoms with Crippen molar-refractivity contribution in [2.75, 3.05) is 13.1 Å². The highest BCUT2D eigenvalue weighted by atomic mass is 16.4. The second kappa shape index (κ2) is 5.69. The molecule has 2 aliphatic carbocycles. The van der Waals surface area contributed by atoms with E-state index in [0.29, 0.717) is 18.4 Å². The number of hydrogen-bond donors (Lipinski definition) is 0. The first-order valence-corrected chi connectivity index (χ1v) is 9.89. The highest BCUT2D eigenvalue weighted by Gasteiger charge is 2.55. The Kier molecular flexibility index (Phi) is 3.52. The van der Waals surface area contributed by atoms with E-state index in [1.54, 1.807) is 0 Å². The van der Waals surface area contributed by atoms with Crippen LogP contribution in [-0.4, -0.2) is 38.7 Å². The molecular formula is C20H26N4O2. The Morgan fingerprint density at radius 1 is 1.35 bits per heavy atom. The molecule has 0 N–H and O–H groups in total. The minimum atomic E-state index is -0.128. The maximum Gasteiger partial charge on any atom is 0.255 e. The van der Waals surface area contributed by atoms with Gasteiger partial charge in [0.2, 0.25) is 11.8 Å². The minimum Gasteiger partial charge on any atom is -0.424 e. The second-order valence-corrected chi connectivity index (χ2v) is 8.29. The number of amides is 1. The normalized spacial score (nSPS) is 27.9. The smallest absolute Gasteiger partial charge is 0.255 e. The number of fused-ring (bicyclic) bond motifs is 1. The summed E-state index contributed by atoms with van der Waals surface area (Å²) in [4.78, 5) is 15.2. The van der Waals surface area contributed by atoms with Crippen molar-refractivity contribution in [2.45, 2.75) is 56.8 Å². The van der Waals surface area contributed by atoms with E-state index in [1.165, 1.54) is 6.42 Å². The molecule has 6 heteroatoms. The van der Waals surface area contributed by atoms with Gasteiger partial charge in [0.25, 0.3) is 5.91 Å². The Bertz CT molecular complexity index is 850. The lowest BCUT2D eigenvalue weighted by Gasteiger charge is -2.24. The van der Waals surface area contributed by atoms with E-state index >= 15 is 0 Å². The predicted molar refractivity (Wildman–Crippen MR) is 96.0 cm³/mol. The molecule has 2 aromatic heterocycles. The minimum absolute atomic E-state index is 0.128. The van der Waals surface area contributed by atoms with Gasteiger partial charge in [-0.05, 0) is 44.1 Å². The number of aromatic nitrogens is 3. The summed E-state index contributed by atoms with van der Waals surface area (Å²) in [7, 11) is 2.01. The van der Waals surface area contributed by atoms with E-state index in [4.69, 9.17) is 4.42 Å². The zero-order valence-electron chi connectivity index (χ0n) is 15.6. The van der Waals surface area contributed by atoms with E-state index in [2.05, 4.69) is 21.7 Å². The van der Waals surface area contributed by atoms with Crippen molar-refractivity contribution in [3.05, 3.63) is 35.3 Å². The summed E-state index contributed by atoms with van der Waals surface area (Å²) in [6.07, 6.45) is 8.54. The molecule has 6 nitrogen and oxygen atoms in total. The number of rotatable bonds is 4. The number of carbonyl (C=O) groups excluding carboxylic acids is 1. The Labute approximate surface area is 153 Å². The predicted octanol–water partition coefficient (Wildman–Crippen LogP) is 3.04. The molecule has 1 amide bonds. The van der Waals surface area contributed by atoms with E-state index < -0.39 is 0 Å². The fourth-order valence-electron chi connectivity index (χ4n) is 5.09. The van der Waals surface area contributed by atoms with Gasteiger partial charge >= 0.3 is 0 Å². The first-order chi connectivity index (χ1) is 12.6. The van der Waals surface area contributed by atoms with Crippen LogP contribution in [0.2, 0.25) is 0 Å². The van der Waals surface area contributed by atoms with Gasteiger partial charge in [0.1, 0.15) is 0 Å². The largest absolute Gasteiger partial charge is 0.424 e. The molecule has 1 saturated heterocycles. The van der Waals surface area contributed by atoms with Gasteiger partial charge in [0.05, 0.1) is 11.0 Å². The lowest BCUT2D eigenvalue weighted by atomic mass is 9.80. The van der Waals surface area contributed by atoms with Gasteiger partial charge < -0.3 is 13.9 Å². The zero-order chi connectivity index (χ0) is 17.9. The van der Waals surface area contributed by atoms with Crippen molar-refractivity contribution in [2.24, 2.45) is 13.0 Å². The first-order valence-electron chi connectivity index (χ1n) is 9.89. The van der Waals surface area contributed by atoms with E-state index in [-0.39, 0.29) is 11.3 Å². The van der Waals surface area contributed by atoms with E-state index in [9.17, 15) is 4.79 Å². The summed E-state index contributed by atoms with van der Waals surface area (Å²) < 4.78 is 8.17. The van der Waals surface area contributed by atoms with Crippen LogP contribution in [-0.2, 0) is 18.9 Å². The summed E-state index contributed by atoms with van der Waals surface area (Å²) in [6, 6.07) is 1.96. The molecule has 0 unspecified atom stereocenters. The van der Waals surface area contributed by atoms with Gasteiger partial charge in [-0.3, -0.25) is 4.79 Å². The van der Waals surface area contributed by atoms with Gasteiger partial charge in [-0.15, -0.1) is 10.2 Å². The summed E-state index contributed by atoms with van der Waals surface area (Å²) >= 11 is 0. The summed E-state index contributed by atoms with van der Waals surface area (Å²) in [5.41, 5.74) is 1.82. The molecule has 3 fully saturated rings. The fourth-order valence-corrected chi connectivity index (χ4v) is 5.09. The maximum atomic E-state index is 13.2. The third kappa shape index (κ3) is 2.27. The Morgan fingerprint density at radius 3 is 2.96 bits per heavy atom. The number of nitrogens with zero attached hydrogens (tertiary/aromatic N) is 4. The summed E-state index contributed by atoms with van der Waals surface area (Å²) in [5.74, 6) is 2.65. The summed E-state index contributed by atoms with van der Waals surface area (Å²) in [5, 5.41) is 8.75. The molecule has 2 aromatic rings. The molecule has 0 bridgehead atoms. The van der Waals surface area contributed by atoms with Gasteiger partial charge in [0.15, 0.2) is 0 Å². The van der Waals surface area contributed by atoms with Crippen LogP contribution in [0.3, 0.4) is 0 Å². The monoisotopic (exact) mass is 354 g/mol. The fraction of sp³-hybridized carbons (Fsp3) is 0.650. The summed E-state index contributed by atoms with van der Waals surface area (Å²) in [6.45, 7) is 3.61. The molecular weight excluding hydrogens is 328 g/mol. The molecule has 3 heterocycles. The molecule has 1 aliphatic heterocycles. The van der Waals surface area contributed by atoms with Crippen molar-refractivity contribution in [1.29, 1.82) is 0 Å².